The molecule has 0 amide bonds. The third kappa shape index (κ3) is 4.64. The summed E-state index contributed by atoms with van der Waals surface area (Å²) in [5, 5.41) is 0. The normalized spacial score (nSPS) is 19.3. The summed E-state index contributed by atoms with van der Waals surface area (Å²) in [6, 6.07) is 0.629. The fraction of sp³-hybridized carbons (Fsp3) is 0.826. The Labute approximate surface area is 171 Å². The van der Waals surface area contributed by atoms with Gasteiger partial charge in [-0.05, 0) is 0 Å². The molecule has 0 unspecified atom stereocenters. The second-order valence-corrected chi connectivity index (χ2v) is 22.0. The summed E-state index contributed by atoms with van der Waals surface area (Å²) in [7, 11) is 0. The minimum absolute atomic E-state index is 0.629. The second-order valence-electron chi connectivity index (χ2n) is 9.07. The Balaban J connectivity index is 2.05. The van der Waals surface area contributed by atoms with Gasteiger partial charge in [0, 0.05) is 0 Å². The molecule has 1 atom stereocenters. The van der Waals surface area contributed by atoms with Gasteiger partial charge in [-0.25, -0.2) is 0 Å². The van der Waals surface area contributed by atoms with Gasteiger partial charge in [-0.15, -0.1) is 0 Å². The Morgan fingerprint density at radius 3 is 2.04 bits per heavy atom. The van der Waals surface area contributed by atoms with Crippen LogP contribution in [-0.4, -0.2) is 40.9 Å². The molecule has 1 fully saturated rings. The summed E-state index contributed by atoms with van der Waals surface area (Å²) in [4.78, 5) is 13.0. The van der Waals surface area contributed by atoms with E-state index in [0.29, 0.717) is 6.04 Å². The van der Waals surface area contributed by atoms with Crippen molar-refractivity contribution in [3.63, 3.8) is 0 Å². The van der Waals surface area contributed by atoms with E-state index in [0.717, 1.165) is 12.5 Å². The number of hydrogen-bond acceptors (Lipinski definition) is 3. The first-order valence-electron chi connectivity index (χ1n) is 11.8. The molecule has 1 aliphatic carbocycles. The van der Waals surface area contributed by atoms with Crippen molar-refractivity contribution in [2.45, 2.75) is 111 Å². The summed E-state index contributed by atoms with van der Waals surface area (Å²) < 4.78 is 6.23. The number of rotatable bonds is 11. The van der Waals surface area contributed by atoms with E-state index in [-0.39, 0.29) is 0 Å². The van der Waals surface area contributed by atoms with Gasteiger partial charge in [0.05, 0.1) is 0 Å². The van der Waals surface area contributed by atoms with Crippen molar-refractivity contribution in [3.05, 3.63) is 11.3 Å². The van der Waals surface area contributed by atoms with Crippen LogP contribution in [0.2, 0.25) is 13.3 Å². The molecule has 4 heteroatoms. The molecule has 1 aromatic heterocycles. The zero-order valence-corrected chi connectivity index (χ0v) is 21.2. The number of nitrogens with zero attached hydrogens (tertiary/aromatic N) is 3. The van der Waals surface area contributed by atoms with Crippen LogP contribution in [0.25, 0.3) is 0 Å². The van der Waals surface area contributed by atoms with Crippen LogP contribution in [0.5, 0.6) is 0 Å². The van der Waals surface area contributed by atoms with Crippen LogP contribution in [0.1, 0.15) is 90.3 Å². The van der Waals surface area contributed by atoms with Gasteiger partial charge >= 0.3 is 172 Å². The van der Waals surface area contributed by atoms with Gasteiger partial charge in [0.15, 0.2) is 0 Å². The van der Waals surface area contributed by atoms with Crippen LogP contribution in [0.15, 0.2) is 0 Å². The van der Waals surface area contributed by atoms with E-state index in [2.05, 4.69) is 32.6 Å². The molecular formula is C23H41N3Sn. The zero-order chi connectivity index (χ0) is 19.3. The van der Waals surface area contributed by atoms with E-state index >= 15 is 0 Å². The fourth-order valence-electron chi connectivity index (χ4n) is 5.08. The molecule has 3 rings (SSSR count). The van der Waals surface area contributed by atoms with Crippen molar-refractivity contribution >= 4 is 28.0 Å². The molecular weight excluding hydrogens is 437 g/mol. The Bertz CT molecular complexity index is 594. The predicted molar refractivity (Wildman–Crippen MR) is 120 cm³/mol. The van der Waals surface area contributed by atoms with Gasteiger partial charge in [0.2, 0.25) is 0 Å². The van der Waals surface area contributed by atoms with Crippen molar-refractivity contribution in [2.75, 3.05) is 11.4 Å². The van der Waals surface area contributed by atoms with Gasteiger partial charge in [-0.3, -0.25) is 0 Å². The van der Waals surface area contributed by atoms with E-state index in [1.807, 2.05) is 0 Å². The van der Waals surface area contributed by atoms with Crippen LogP contribution < -0.4 is 8.61 Å². The minimum atomic E-state index is -2.50. The summed E-state index contributed by atoms with van der Waals surface area (Å²) in [5.41, 5.74) is 3.06. The van der Waals surface area contributed by atoms with Crippen molar-refractivity contribution < 1.29 is 0 Å². The molecule has 1 aromatic rings. The summed E-state index contributed by atoms with van der Waals surface area (Å²) in [5.74, 6) is 1.09. The van der Waals surface area contributed by atoms with Gasteiger partial charge in [-0.1, -0.05) is 0 Å². The first-order valence-corrected chi connectivity index (χ1v) is 19.3. The third-order valence-electron chi connectivity index (χ3n) is 7.03. The van der Waals surface area contributed by atoms with Gasteiger partial charge < -0.3 is 0 Å². The third-order valence-corrected chi connectivity index (χ3v) is 22.3. The van der Waals surface area contributed by atoms with E-state index in [4.69, 9.17) is 9.97 Å². The van der Waals surface area contributed by atoms with Crippen LogP contribution in [0.4, 0.5) is 5.95 Å². The summed E-state index contributed by atoms with van der Waals surface area (Å²) in [6.07, 6.45) is 13.3. The molecule has 1 aliphatic heterocycles. The van der Waals surface area contributed by atoms with E-state index in [1.165, 1.54) is 83.2 Å². The van der Waals surface area contributed by atoms with Crippen LogP contribution in [0.3, 0.4) is 0 Å². The molecule has 0 bridgehead atoms. The van der Waals surface area contributed by atoms with Crippen molar-refractivity contribution in [1.82, 2.24) is 9.97 Å². The molecule has 0 aromatic carbocycles. The number of fused-ring (bicyclic) bond motifs is 1. The standard InChI is InChI=1S/C11H14N3.3C4H9.Sn/c1-8-5-6-14(8)11-12-7-9-3-2-4-10(9)13-11;3*1-3-4-2;/h8H,2-6H2,1H3;3*1,3-4H2,2H3;/t8-;;;;/m0..../s1. The summed E-state index contributed by atoms with van der Waals surface area (Å²) >= 11 is -2.50. The van der Waals surface area contributed by atoms with E-state index in [9.17, 15) is 0 Å². The van der Waals surface area contributed by atoms with Crippen molar-refractivity contribution in [2.24, 2.45) is 0 Å². The van der Waals surface area contributed by atoms with Crippen LogP contribution in [0, 0.1) is 0 Å². The van der Waals surface area contributed by atoms with Gasteiger partial charge in [0.25, 0.3) is 0 Å². The Morgan fingerprint density at radius 1 is 0.926 bits per heavy atom. The number of anilines is 1. The Hall–Kier alpha value is -0.321. The fourth-order valence-corrected chi connectivity index (χ4v) is 21.6. The maximum absolute atomic E-state index is 5.46. The molecule has 0 spiro atoms. The molecule has 0 radical (unpaired) electrons. The van der Waals surface area contributed by atoms with E-state index in [1.54, 1.807) is 9.27 Å². The topological polar surface area (TPSA) is 29.0 Å². The molecule has 3 nitrogen and oxygen atoms in total. The SMILES string of the molecule is CCC[CH2][Sn]([CH2]CCC)([CH2]CCC)[c]1nc(N2CC[C@@H]2C)nc2c1CCC2. The second kappa shape index (κ2) is 9.93. The Kier molecular flexibility index (Phi) is 7.87. The van der Waals surface area contributed by atoms with Crippen LogP contribution >= 0.6 is 0 Å². The number of unbranched alkanes of at least 4 members (excludes halogenated alkanes) is 3. The number of hydrogen-bond donors (Lipinski definition) is 0. The molecule has 2 heterocycles. The van der Waals surface area contributed by atoms with Gasteiger partial charge in [-0.2, -0.15) is 0 Å². The van der Waals surface area contributed by atoms with Crippen molar-refractivity contribution in [3.8, 4) is 0 Å². The first kappa shape index (κ1) is 21.4. The van der Waals surface area contributed by atoms with Crippen LogP contribution in [-0.2, 0) is 12.8 Å². The predicted octanol–water partition coefficient (Wildman–Crippen LogP) is 5.62. The molecule has 27 heavy (non-hydrogen) atoms. The van der Waals surface area contributed by atoms with Crippen molar-refractivity contribution in [1.29, 1.82) is 0 Å². The quantitative estimate of drug-likeness (QED) is 0.387. The number of aryl methyl sites for hydroxylation is 1. The average molecular weight is 478 g/mol. The monoisotopic (exact) mass is 479 g/mol. The average Bonchev–Trinajstić information content (AvgIpc) is 3.14. The van der Waals surface area contributed by atoms with E-state index < -0.39 is 18.4 Å². The molecule has 2 aliphatic rings. The number of aromatic nitrogens is 2. The maximum atomic E-state index is 5.46. The molecule has 1 saturated heterocycles. The molecule has 0 saturated carbocycles. The zero-order valence-electron chi connectivity index (χ0n) is 18.3. The first-order chi connectivity index (χ1) is 13.1. The Morgan fingerprint density at radius 2 is 1.56 bits per heavy atom. The molecule has 152 valence electrons. The molecule has 0 N–H and O–H groups in total. The van der Waals surface area contributed by atoms with Gasteiger partial charge in [0.1, 0.15) is 0 Å². The summed E-state index contributed by atoms with van der Waals surface area (Å²) in [6.45, 7) is 10.6.